The first kappa shape index (κ1) is 28.9. The first-order valence-corrected chi connectivity index (χ1v) is 14.9. The Balaban J connectivity index is 1.15. The number of carboxylic acid groups (broad SMARTS) is 1. The number of hydrogen-bond donors (Lipinski definition) is 2. The molecule has 1 aliphatic heterocycles. The highest BCUT2D eigenvalue weighted by Gasteiger charge is 2.41. The van der Waals surface area contributed by atoms with Gasteiger partial charge in [-0.05, 0) is 98.3 Å². The monoisotopic (exact) mass is 593 g/mol. The molecule has 1 saturated carbocycles. The van der Waals surface area contributed by atoms with Crippen LogP contribution in [0.3, 0.4) is 0 Å². The Morgan fingerprint density at radius 1 is 0.977 bits per heavy atom. The van der Waals surface area contributed by atoms with Crippen molar-refractivity contribution in [2.45, 2.75) is 63.5 Å². The lowest BCUT2D eigenvalue weighted by molar-refractivity contribution is -0.143. The molecular formula is C32H34F3N5O3. The zero-order valence-corrected chi connectivity index (χ0v) is 23.7. The van der Waals surface area contributed by atoms with Gasteiger partial charge < -0.3 is 15.3 Å². The highest BCUT2D eigenvalue weighted by molar-refractivity contribution is 5.89. The Morgan fingerprint density at radius 3 is 2.37 bits per heavy atom. The summed E-state index contributed by atoms with van der Waals surface area (Å²) in [6.07, 6.45) is 3.40. The molecule has 0 radical (unpaired) electrons. The molecule has 0 unspecified atom stereocenters. The van der Waals surface area contributed by atoms with Gasteiger partial charge in [-0.2, -0.15) is 18.3 Å². The van der Waals surface area contributed by atoms with Gasteiger partial charge in [0.05, 0.1) is 11.9 Å². The molecule has 1 amide bonds. The number of pyridine rings is 1. The number of halogens is 3. The number of nitrogens with zero attached hydrogens (tertiary/aromatic N) is 4. The second kappa shape index (κ2) is 11.9. The van der Waals surface area contributed by atoms with Gasteiger partial charge in [0.2, 0.25) is 5.91 Å². The maximum Gasteiger partial charge on any atom is 0.434 e. The van der Waals surface area contributed by atoms with Gasteiger partial charge in [-0.15, -0.1) is 0 Å². The van der Waals surface area contributed by atoms with Crippen LogP contribution in [0.25, 0.3) is 11.4 Å². The van der Waals surface area contributed by atoms with Gasteiger partial charge >= 0.3 is 12.1 Å². The van der Waals surface area contributed by atoms with Gasteiger partial charge in [0.25, 0.3) is 0 Å². The largest absolute Gasteiger partial charge is 0.478 e. The second-order valence-corrected chi connectivity index (χ2v) is 11.6. The minimum Gasteiger partial charge on any atom is -0.478 e. The molecule has 3 aromatic rings. The normalized spacial score (nSPS) is 18.2. The van der Waals surface area contributed by atoms with E-state index in [9.17, 15) is 27.9 Å². The quantitative estimate of drug-likeness (QED) is 0.308. The van der Waals surface area contributed by atoms with Gasteiger partial charge in [-0.1, -0.05) is 18.2 Å². The van der Waals surface area contributed by atoms with Crippen molar-refractivity contribution >= 4 is 23.1 Å². The van der Waals surface area contributed by atoms with Crippen LogP contribution in [-0.2, 0) is 11.0 Å². The summed E-state index contributed by atoms with van der Waals surface area (Å²) in [5, 5.41) is 16.5. The average Bonchev–Trinajstić information content (AvgIpc) is 3.76. The van der Waals surface area contributed by atoms with E-state index < -0.39 is 23.4 Å². The van der Waals surface area contributed by atoms with Gasteiger partial charge in [-0.3, -0.25) is 4.79 Å². The van der Waals surface area contributed by atoms with Crippen LogP contribution in [-0.4, -0.2) is 56.3 Å². The Bertz CT molecular complexity index is 1530. The number of carbonyl (C=O) groups excluding carboxylic acids is 1. The number of carboxylic acids is 1. The fourth-order valence-electron chi connectivity index (χ4n) is 6.24. The Kier molecular flexibility index (Phi) is 7.98. The van der Waals surface area contributed by atoms with Crippen molar-refractivity contribution < 1.29 is 27.9 Å². The number of amides is 1. The Morgan fingerprint density at radius 2 is 1.70 bits per heavy atom. The molecule has 2 fully saturated rings. The first-order valence-electron chi connectivity index (χ1n) is 14.9. The van der Waals surface area contributed by atoms with Crippen LogP contribution in [0.2, 0.25) is 0 Å². The van der Waals surface area contributed by atoms with Crippen molar-refractivity contribution in [1.82, 2.24) is 19.7 Å². The maximum atomic E-state index is 13.8. The summed E-state index contributed by atoms with van der Waals surface area (Å²) in [5.41, 5.74) is 2.70. The molecule has 8 nitrogen and oxygen atoms in total. The number of piperidine rings is 1. The van der Waals surface area contributed by atoms with E-state index in [-0.39, 0.29) is 11.7 Å². The number of allylic oxidation sites excluding steroid dienone is 1. The third-order valence-electron chi connectivity index (χ3n) is 8.73. The Hall–Kier alpha value is -4.15. The number of hydrogen-bond acceptors (Lipinski definition) is 5. The summed E-state index contributed by atoms with van der Waals surface area (Å²) in [4.78, 5) is 30.3. The SMILES string of the molecule is O=C(O)c1cnn(-c2cccc(C3=C(CNc4ccc(C5CCN(C(=O)C6CC6)CC5)cc4)CCCC3)n2)c1C(F)(F)F. The smallest absolute Gasteiger partial charge is 0.434 e. The predicted octanol–water partition coefficient (Wildman–Crippen LogP) is 6.54. The number of benzene rings is 1. The van der Waals surface area contributed by atoms with E-state index in [0.29, 0.717) is 34.9 Å². The second-order valence-electron chi connectivity index (χ2n) is 11.6. The number of rotatable bonds is 8. The van der Waals surface area contributed by atoms with E-state index in [2.05, 4.69) is 39.7 Å². The third-order valence-corrected chi connectivity index (χ3v) is 8.73. The summed E-state index contributed by atoms with van der Waals surface area (Å²) >= 11 is 0. The molecule has 1 saturated heterocycles. The van der Waals surface area contributed by atoms with E-state index in [4.69, 9.17) is 0 Å². The van der Waals surface area contributed by atoms with Crippen LogP contribution in [0.5, 0.6) is 0 Å². The van der Waals surface area contributed by atoms with Crippen molar-refractivity contribution in [3.8, 4) is 5.82 Å². The van der Waals surface area contributed by atoms with Crippen molar-refractivity contribution in [3.63, 3.8) is 0 Å². The van der Waals surface area contributed by atoms with Crippen molar-refractivity contribution in [2.24, 2.45) is 5.92 Å². The molecular weight excluding hydrogens is 559 g/mol. The highest BCUT2D eigenvalue weighted by Crippen LogP contribution is 2.37. The van der Waals surface area contributed by atoms with E-state index in [1.807, 2.05) is 4.90 Å². The maximum absolute atomic E-state index is 13.8. The number of alkyl halides is 3. The molecule has 2 N–H and O–H groups in total. The first-order chi connectivity index (χ1) is 20.7. The zero-order valence-electron chi connectivity index (χ0n) is 23.7. The van der Waals surface area contributed by atoms with Crippen LogP contribution in [0.15, 0.2) is 54.2 Å². The number of carbonyl (C=O) groups is 2. The molecule has 0 bridgehead atoms. The molecule has 0 atom stereocenters. The summed E-state index contributed by atoms with van der Waals surface area (Å²) in [7, 11) is 0. The van der Waals surface area contributed by atoms with Crippen molar-refractivity contribution in [1.29, 1.82) is 0 Å². The van der Waals surface area contributed by atoms with Gasteiger partial charge in [0.15, 0.2) is 11.5 Å². The lowest BCUT2D eigenvalue weighted by Crippen LogP contribution is -2.38. The third kappa shape index (κ3) is 6.30. The molecule has 1 aromatic carbocycles. The van der Waals surface area contributed by atoms with Crippen LogP contribution < -0.4 is 5.32 Å². The number of likely N-dealkylation sites (tertiary alicyclic amines) is 1. The van der Waals surface area contributed by atoms with E-state index in [0.717, 1.165) is 81.3 Å². The van der Waals surface area contributed by atoms with E-state index >= 15 is 0 Å². The van der Waals surface area contributed by atoms with Crippen LogP contribution >= 0.6 is 0 Å². The molecule has 2 aromatic heterocycles. The summed E-state index contributed by atoms with van der Waals surface area (Å²) in [6.45, 7) is 2.23. The predicted molar refractivity (Wildman–Crippen MR) is 155 cm³/mol. The number of aromatic carboxylic acids is 1. The molecule has 2 aliphatic carbocycles. The number of aromatic nitrogens is 3. The average molecular weight is 594 g/mol. The fraction of sp³-hybridized carbons (Fsp3) is 0.438. The lowest BCUT2D eigenvalue weighted by atomic mass is 9.88. The number of nitrogens with one attached hydrogen (secondary N) is 1. The zero-order chi connectivity index (χ0) is 30.1. The van der Waals surface area contributed by atoms with Crippen molar-refractivity contribution in [3.05, 3.63) is 76.7 Å². The molecule has 11 heteroatoms. The minimum atomic E-state index is -4.91. The van der Waals surface area contributed by atoms with Crippen LogP contribution in [0.1, 0.15) is 84.6 Å². The molecule has 43 heavy (non-hydrogen) atoms. The molecule has 0 spiro atoms. The van der Waals surface area contributed by atoms with Crippen LogP contribution in [0, 0.1) is 5.92 Å². The van der Waals surface area contributed by atoms with Gasteiger partial charge in [0.1, 0.15) is 5.56 Å². The summed E-state index contributed by atoms with van der Waals surface area (Å²) in [5.74, 6) is -0.733. The fourth-order valence-corrected chi connectivity index (χ4v) is 6.24. The van der Waals surface area contributed by atoms with Crippen molar-refractivity contribution in [2.75, 3.05) is 25.0 Å². The summed E-state index contributed by atoms with van der Waals surface area (Å²) in [6, 6.07) is 13.3. The lowest BCUT2D eigenvalue weighted by Gasteiger charge is -2.32. The van der Waals surface area contributed by atoms with E-state index in [1.165, 1.54) is 11.6 Å². The van der Waals surface area contributed by atoms with Gasteiger partial charge in [-0.25, -0.2) is 14.5 Å². The molecule has 6 rings (SSSR count). The minimum absolute atomic E-state index is 0.0824. The van der Waals surface area contributed by atoms with Gasteiger partial charge in [0, 0.05) is 31.2 Å². The Labute approximate surface area is 247 Å². The van der Waals surface area contributed by atoms with Crippen LogP contribution in [0.4, 0.5) is 18.9 Å². The van der Waals surface area contributed by atoms with E-state index in [1.54, 1.807) is 12.1 Å². The molecule has 226 valence electrons. The number of anilines is 1. The molecule has 3 heterocycles. The standard InChI is InChI=1S/C32H34F3N5O3/c33-32(34,35)29-26(31(42)43)19-37-40(29)28-7-3-6-27(38-28)25-5-2-1-4-23(25)18-36-24-12-10-20(11-13-24)21-14-16-39(17-15-21)30(41)22-8-9-22/h3,6-7,10-13,19,21-22,36H,1-2,4-5,8-9,14-18H2,(H,42,43). The topological polar surface area (TPSA) is 100 Å². The highest BCUT2D eigenvalue weighted by atomic mass is 19.4. The molecule has 3 aliphatic rings. The summed E-state index contributed by atoms with van der Waals surface area (Å²) < 4.78 is 41.9.